The predicted octanol–water partition coefficient (Wildman–Crippen LogP) is -0.143. The molecule has 0 aromatic rings. The zero-order valence-electron chi connectivity index (χ0n) is 4.91. The van der Waals surface area contributed by atoms with E-state index in [1.807, 2.05) is 0 Å². The second kappa shape index (κ2) is 2.39. The maximum absolute atomic E-state index is 10.3. The molecular formula is C5H8NO2S+. The summed E-state index contributed by atoms with van der Waals surface area (Å²) in [5.74, 6) is 0.630. The molecule has 50 valence electrons. The van der Waals surface area contributed by atoms with Crippen LogP contribution in [0.4, 0.5) is 0 Å². The molecule has 0 amide bonds. The molecule has 3 nitrogen and oxygen atoms in total. The summed E-state index contributed by atoms with van der Waals surface area (Å²) in [6, 6.07) is -0.366. The Hall–Kier alpha value is -0.510. The van der Waals surface area contributed by atoms with E-state index in [1.54, 1.807) is 16.3 Å². The lowest BCUT2D eigenvalue weighted by atomic mass is 10.3. The summed E-state index contributed by atoms with van der Waals surface area (Å²) in [7, 11) is 0. The van der Waals surface area contributed by atoms with E-state index < -0.39 is 5.97 Å². The van der Waals surface area contributed by atoms with Crippen LogP contribution >= 0.6 is 11.8 Å². The van der Waals surface area contributed by atoms with Crippen molar-refractivity contribution in [1.82, 2.24) is 0 Å². The van der Waals surface area contributed by atoms with Crippen molar-refractivity contribution in [3.63, 3.8) is 0 Å². The highest BCUT2D eigenvalue weighted by atomic mass is 32.2. The minimum Gasteiger partial charge on any atom is -0.476 e. The van der Waals surface area contributed by atoms with Crippen molar-refractivity contribution in [2.45, 2.75) is 6.04 Å². The molecule has 0 aliphatic carbocycles. The first kappa shape index (κ1) is 6.61. The lowest BCUT2D eigenvalue weighted by Crippen LogP contribution is -2.29. The molecule has 0 aromatic heterocycles. The van der Waals surface area contributed by atoms with Gasteiger partial charge in [0.25, 0.3) is 6.04 Å². The van der Waals surface area contributed by atoms with Gasteiger partial charge in [0, 0.05) is 0 Å². The second-order valence-electron chi connectivity index (χ2n) is 1.94. The van der Waals surface area contributed by atoms with E-state index in [1.165, 1.54) is 0 Å². The Labute approximate surface area is 57.4 Å². The molecule has 1 heterocycles. The van der Waals surface area contributed by atoms with Crippen LogP contribution in [0, 0.1) is 0 Å². The number of rotatable bonds is 1. The predicted molar refractivity (Wildman–Crippen MR) is 36.1 cm³/mol. The average Bonchev–Trinajstić information content (AvgIpc) is 2.13. The summed E-state index contributed by atoms with van der Waals surface area (Å²) in [5, 5.41) is 8.49. The third kappa shape index (κ3) is 1.24. The molecule has 9 heavy (non-hydrogen) atoms. The molecule has 1 unspecified atom stereocenters. The van der Waals surface area contributed by atoms with E-state index in [-0.39, 0.29) is 6.04 Å². The van der Waals surface area contributed by atoms with Crippen LogP contribution in [0.25, 0.3) is 0 Å². The minimum absolute atomic E-state index is 0.366. The molecule has 1 fully saturated rings. The van der Waals surface area contributed by atoms with Gasteiger partial charge in [0.1, 0.15) is 6.72 Å². The first-order chi connectivity index (χ1) is 4.22. The van der Waals surface area contributed by atoms with Crippen LogP contribution in [-0.2, 0) is 4.79 Å². The molecule has 1 saturated heterocycles. The van der Waals surface area contributed by atoms with Crippen molar-refractivity contribution in [3.05, 3.63) is 0 Å². The minimum atomic E-state index is -0.769. The lowest BCUT2D eigenvalue weighted by molar-refractivity contribution is -0.514. The van der Waals surface area contributed by atoms with Crippen LogP contribution in [-0.4, -0.2) is 40.0 Å². The third-order valence-corrected chi connectivity index (χ3v) is 2.32. The van der Waals surface area contributed by atoms with Gasteiger partial charge in [0.05, 0.1) is 5.75 Å². The van der Waals surface area contributed by atoms with Gasteiger partial charge in [0.15, 0.2) is 5.88 Å². The Kier molecular flexibility index (Phi) is 1.75. The summed E-state index contributed by atoms with van der Waals surface area (Å²) in [6.45, 7) is 3.57. The van der Waals surface area contributed by atoms with E-state index in [0.717, 1.165) is 5.88 Å². The number of carboxylic acids is 1. The Morgan fingerprint density at radius 1 is 1.89 bits per heavy atom. The monoisotopic (exact) mass is 146 g/mol. The highest BCUT2D eigenvalue weighted by Crippen LogP contribution is 2.14. The van der Waals surface area contributed by atoms with Gasteiger partial charge in [-0.3, -0.25) is 0 Å². The Morgan fingerprint density at radius 3 is 2.78 bits per heavy atom. The van der Waals surface area contributed by atoms with Gasteiger partial charge in [-0.25, -0.2) is 9.37 Å². The molecule has 0 radical (unpaired) electrons. The van der Waals surface area contributed by atoms with Crippen molar-refractivity contribution in [3.8, 4) is 0 Å². The SMILES string of the molecule is C=[N+]1CSCC1C(=O)O. The summed E-state index contributed by atoms with van der Waals surface area (Å²) in [6.07, 6.45) is 0. The van der Waals surface area contributed by atoms with Gasteiger partial charge in [-0.2, -0.15) is 0 Å². The molecule has 1 N–H and O–H groups in total. The number of carbonyl (C=O) groups is 1. The van der Waals surface area contributed by atoms with Crippen molar-refractivity contribution < 1.29 is 14.5 Å². The topological polar surface area (TPSA) is 40.3 Å². The zero-order chi connectivity index (χ0) is 6.85. The van der Waals surface area contributed by atoms with E-state index in [4.69, 9.17) is 5.11 Å². The normalized spacial score (nSPS) is 26.7. The van der Waals surface area contributed by atoms with Crippen LogP contribution in [0.2, 0.25) is 0 Å². The smallest absolute Gasteiger partial charge is 0.373 e. The summed E-state index contributed by atoms with van der Waals surface area (Å²) < 4.78 is 1.59. The highest BCUT2D eigenvalue weighted by Gasteiger charge is 2.32. The van der Waals surface area contributed by atoms with Crippen molar-refractivity contribution in [1.29, 1.82) is 0 Å². The second-order valence-corrected chi connectivity index (χ2v) is 2.94. The van der Waals surface area contributed by atoms with E-state index in [0.29, 0.717) is 5.75 Å². The zero-order valence-corrected chi connectivity index (χ0v) is 5.73. The molecule has 1 atom stereocenters. The fourth-order valence-corrected chi connectivity index (χ4v) is 1.80. The third-order valence-electron chi connectivity index (χ3n) is 1.26. The number of aliphatic carboxylic acids is 1. The first-order valence-electron chi connectivity index (χ1n) is 2.59. The van der Waals surface area contributed by atoms with E-state index in [2.05, 4.69) is 6.72 Å². The van der Waals surface area contributed by atoms with E-state index in [9.17, 15) is 4.79 Å². The number of thioether (sulfide) groups is 1. The summed E-state index contributed by atoms with van der Waals surface area (Å²) in [4.78, 5) is 10.3. The number of hydrogen-bond acceptors (Lipinski definition) is 2. The molecule has 1 aliphatic heterocycles. The Bertz CT molecular complexity index is 157. The van der Waals surface area contributed by atoms with Gasteiger partial charge in [-0.05, 0) is 0 Å². The molecular weight excluding hydrogens is 138 g/mol. The number of hydrogen-bond donors (Lipinski definition) is 1. The quantitative estimate of drug-likeness (QED) is 0.523. The fraction of sp³-hybridized carbons (Fsp3) is 0.600. The van der Waals surface area contributed by atoms with Crippen molar-refractivity contribution in [2.24, 2.45) is 0 Å². The summed E-state index contributed by atoms with van der Waals surface area (Å²) >= 11 is 1.60. The van der Waals surface area contributed by atoms with Gasteiger partial charge < -0.3 is 5.11 Å². The average molecular weight is 146 g/mol. The van der Waals surface area contributed by atoms with Crippen LogP contribution in [0.3, 0.4) is 0 Å². The van der Waals surface area contributed by atoms with Crippen LogP contribution < -0.4 is 0 Å². The van der Waals surface area contributed by atoms with E-state index >= 15 is 0 Å². The van der Waals surface area contributed by atoms with Gasteiger partial charge in [0.2, 0.25) is 0 Å². The Balaban J connectivity index is 2.60. The number of nitrogens with zero attached hydrogens (tertiary/aromatic N) is 1. The fourth-order valence-electron chi connectivity index (χ4n) is 0.704. The molecule has 1 aliphatic rings. The molecule has 4 heteroatoms. The maximum Gasteiger partial charge on any atom is 0.373 e. The van der Waals surface area contributed by atoms with Crippen LogP contribution in [0.5, 0.6) is 0 Å². The van der Waals surface area contributed by atoms with Gasteiger partial charge >= 0.3 is 5.97 Å². The summed E-state index contributed by atoms with van der Waals surface area (Å²) in [5.41, 5.74) is 0. The standard InChI is InChI=1S/C5H7NO2S/c1-6-3-9-2-4(6)5(7)8/h4H,1-3H2/p+1. The highest BCUT2D eigenvalue weighted by molar-refractivity contribution is 7.99. The van der Waals surface area contributed by atoms with Gasteiger partial charge in [-0.15, -0.1) is 0 Å². The van der Waals surface area contributed by atoms with Crippen LogP contribution in [0.15, 0.2) is 0 Å². The van der Waals surface area contributed by atoms with Crippen LogP contribution in [0.1, 0.15) is 0 Å². The van der Waals surface area contributed by atoms with Crippen molar-refractivity contribution >= 4 is 24.4 Å². The molecule has 0 aromatic carbocycles. The van der Waals surface area contributed by atoms with Gasteiger partial charge in [-0.1, -0.05) is 11.8 Å². The maximum atomic E-state index is 10.3. The molecule has 1 rings (SSSR count). The molecule has 0 bridgehead atoms. The Morgan fingerprint density at radius 2 is 2.56 bits per heavy atom. The lowest BCUT2D eigenvalue weighted by Gasteiger charge is -1.95. The first-order valence-corrected chi connectivity index (χ1v) is 3.75. The number of carboxylic acid groups (broad SMARTS) is 1. The van der Waals surface area contributed by atoms with Crippen molar-refractivity contribution in [2.75, 3.05) is 11.6 Å². The molecule has 0 spiro atoms. The molecule has 0 saturated carbocycles. The largest absolute Gasteiger partial charge is 0.476 e.